The van der Waals surface area contributed by atoms with Gasteiger partial charge >= 0.3 is 6.36 Å². The minimum atomic E-state index is -4.69. The fourth-order valence-corrected chi connectivity index (χ4v) is 2.72. The van der Waals surface area contributed by atoms with E-state index in [0.29, 0.717) is 18.3 Å². The van der Waals surface area contributed by atoms with Crippen molar-refractivity contribution in [3.05, 3.63) is 24.3 Å². The van der Waals surface area contributed by atoms with Gasteiger partial charge in [0.05, 0.1) is 6.54 Å². The number of nitrogens with one attached hydrogen (secondary N) is 1. The molecular formula is C16H23F3N4O. The van der Waals surface area contributed by atoms with Gasteiger partial charge < -0.3 is 15.8 Å². The normalized spacial score (nSPS) is 20.0. The third kappa shape index (κ3) is 6.27. The zero-order valence-corrected chi connectivity index (χ0v) is 13.6. The van der Waals surface area contributed by atoms with Crippen LogP contribution in [0.4, 0.5) is 18.9 Å². The molecule has 0 bridgehead atoms. The van der Waals surface area contributed by atoms with E-state index in [0.717, 1.165) is 13.1 Å². The molecule has 1 unspecified atom stereocenters. The Morgan fingerprint density at radius 2 is 2.04 bits per heavy atom. The van der Waals surface area contributed by atoms with Gasteiger partial charge in [-0.05, 0) is 50.6 Å². The van der Waals surface area contributed by atoms with Crippen LogP contribution in [0.1, 0.15) is 26.2 Å². The summed E-state index contributed by atoms with van der Waals surface area (Å²) in [5, 5.41) is 2.85. The Morgan fingerprint density at radius 1 is 1.33 bits per heavy atom. The van der Waals surface area contributed by atoms with E-state index in [9.17, 15) is 13.2 Å². The Morgan fingerprint density at radius 3 is 2.67 bits per heavy atom. The monoisotopic (exact) mass is 344 g/mol. The van der Waals surface area contributed by atoms with Crippen LogP contribution in [0, 0.1) is 0 Å². The lowest BCUT2D eigenvalue weighted by molar-refractivity contribution is -0.274. The van der Waals surface area contributed by atoms with Crippen LogP contribution in [-0.2, 0) is 0 Å². The number of ether oxygens (including phenoxy) is 1. The highest BCUT2D eigenvalue weighted by atomic mass is 19.4. The number of guanidine groups is 1. The van der Waals surface area contributed by atoms with Crippen molar-refractivity contribution in [2.45, 2.75) is 38.6 Å². The smallest absolute Gasteiger partial charge is 0.406 e. The van der Waals surface area contributed by atoms with Crippen LogP contribution in [0.2, 0.25) is 0 Å². The van der Waals surface area contributed by atoms with E-state index in [2.05, 4.69) is 26.9 Å². The number of nitrogens with zero attached hydrogens (tertiary/aromatic N) is 2. The second-order valence-corrected chi connectivity index (χ2v) is 5.84. The standard InChI is InChI=1S/C16H23F3N4O/c1-12-4-2-3-10-23(12)11-9-21-15(20)22-13-5-7-14(8-6-13)24-16(17,18)19/h5-8,12H,2-4,9-11H2,1H3,(H3,20,21,22). The quantitative estimate of drug-likeness (QED) is 0.636. The van der Waals surface area contributed by atoms with Crippen molar-refractivity contribution in [2.24, 2.45) is 10.7 Å². The fraction of sp³-hybridized carbons (Fsp3) is 0.562. The molecule has 0 aromatic heterocycles. The van der Waals surface area contributed by atoms with Crippen molar-refractivity contribution in [2.75, 3.05) is 25.0 Å². The molecule has 5 nitrogen and oxygen atoms in total. The Labute approximate surface area is 139 Å². The number of piperidine rings is 1. The summed E-state index contributed by atoms with van der Waals surface area (Å²) >= 11 is 0. The van der Waals surface area contributed by atoms with Gasteiger partial charge in [0.1, 0.15) is 5.75 Å². The van der Waals surface area contributed by atoms with E-state index in [1.165, 1.54) is 43.5 Å². The number of rotatable bonds is 5. The number of likely N-dealkylation sites (tertiary alicyclic amines) is 1. The van der Waals surface area contributed by atoms with E-state index in [1.807, 2.05) is 0 Å². The van der Waals surface area contributed by atoms with E-state index in [4.69, 9.17) is 5.73 Å². The maximum absolute atomic E-state index is 12.1. The number of hydrogen-bond acceptors (Lipinski definition) is 3. The number of benzene rings is 1. The van der Waals surface area contributed by atoms with Gasteiger partial charge in [0.25, 0.3) is 0 Å². The summed E-state index contributed by atoms with van der Waals surface area (Å²) in [5.41, 5.74) is 6.36. The molecule has 0 aliphatic carbocycles. The molecule has 134 valence electrons. The molecule has 0 saturated carbocycles. The Hall–Kier alpha value is -1.96. The molecule has 1 fully saturated rings. The maximum atomic E-state index is 12.1. The molecule has 3 N–H and O–H groups in total. The van der Waals surface area contributed by atoms with Gasteiger partial charge in [-0.15, -0.1) is 13.2 Å². The first kappa shape index (κ1) is 18.4. The Kier molecular flexibility index (Phi) is 6.30. The van der Waals surface area contributed by atoms with Crippen LogP contribution in [0.5, 0.6) is 5.75 Å². The van der Waals surface area contributed by atoms with Crippen LogP contribution in [-0.4, -0.2) is 42.9 Å². The fourth-order valence-electron chi connectivity index (χ4n) is 2.72. The average molecular weight is 344 g/mol. The summed E-state index contributed by atoms with van der Waals surface area (Å²) in [6.45, 7) is 4.74. The van der Waals surface area contributed by atoms with Crippen molar-refractivity contribution in [3.8, 4) is 5.75 Å². The van der Waals surface area contributed by atoms with Crippen molar-refractivity contribution >= 4 is 11.6 Å². The minimum absolute atomic E-state index is 0.240. The molecule has 0 radical (unpaired) electrons. The van der Waals surface area contributed by atoms with Crippen molar-refractivity contribution in [3.63, 3.8) is 0 Å². The first-order chi connectivity index (χ1) is 11.3. The first-order valence-electron chi connectivity index (χ1n) is 8.00. The van der Waals surface area contributed by atoms with E-state index in [1.54, 1.807) is 0 Å². The molecule has 1 heterocycles. The lowest BCUT2D eigenvalue weighted by Crippen LogP contribution is -2.39. The molecule has 1 aliphatic rings. The van der Waals surface area contributed by atoms with Crippen LogP contribution in [0.15, 0.2) is 29.3 Å². The molecule has 24 heavy (non-hydrogen) atoms. The minimum Gasteiger partial charge on any atom is -0.406 e. The molecule has 2 rings (SSSR count). The molecule has 1 aromatic rings. The zero-order valence-electron chi connectivity index (χ0n) is 13.6. The molecule has 0 spiro atoms. The van der Waals surface area contributed by atoms with Crippen LogP contribution < -0.4 is 15.8 Å². The van der Waals surface area contributed by atoms with Gasteiger partial charge in [0.15, 0.2) is 5.96 Å². The largest absolute Gasteiger partial charge is 0.573 e. The summed E-state index contributed by atoms with van der Waals surface area (Å²) in [6.07, 6.45) is -0.988. The predicted octanol–water partition coefficient (Wildman–Crippen LogP) is 3.19. The number of nitrogens with two attached hydrogens (primary N) is 1. The maximum Gasteiger partial charge on any atom is 0.573 e. The average Bonchev–Trinajstić information content (AvgIpc) is 2.50. The molecule has 1 saturated heterocycles. The van der Waals surface area contributed by atoms with E-state index in [-0.39, 0.29) is 11.7 Å². The number of alkyl halides is 3. The Balaban J connectivity index is 1.79. The third-order valence-electron chi connectivity index (χ3n) is 3.97. The number of halogens is 3. The van der Waals surface area contributed by atoms with Crippen molar-refractivity contribution < 1.29 is 17.9 Å². The zero-order chi connectivity index (χ0) is 17.6. The van der Waals surface area contributed by atoms with E-state index >= 15 is 0 Å². The van der Waals surface area contributed by atoms with Gasteiger partial charge in [-0.1, -0.05) is 6.42 Å². The lowest BCUT2D eigenvalue weighted by atomic mass is 10.0. The van der Waals surface area contributed by atoms with Gasteiger partial charge in [0.2, 0.25) is 0 Å². The van der Waals surface area contributed by atoms with Crippen LogP contribution in [0.3, 0.4) is 0 Å². The summed E-state index contributed by atoms with van der Waals surface area (Å²) in [4.78, 5) is 6.65. The molecule has 0 amide bonds. The number of aliphatic imine (C=N–C) groups is 1. The van der Waals surface area contributed by atoms with Crippen molar-refractivity contribution in [1.82, 2.24) is 4.90 Å². The van der Waals surface area contributed by atoms with Crippen LogP contribution >= 0.6 is 0 Å². The molecule has 1 atom stereocenters. The lowest BCUT2D eigenvalue weighted by Gasteiger charge is -2.32. The topological polar surface area (TPSA) is 62.9 Å². The number of anilines is 1. The van der Waals surface area contributed by atoms with Gasteiger partial charge in [-0.25, -0.2) is 0 Å². The van der Waals surface area contributed by atoms with E-state index < -0.39 is 6.36 Å². The van der Waals surface area contributed by atoms with Gasteiger partial charge in [0, 0.05) is 18.3 Å². The molecule has 8 heteroatoms. The number of hydrogen-bond donors (Lipinski definition) is 2. The van der Waals surface area contributed by atoms with Gasteiger partial charge in [-0.2, -0.15) is 0 Å². The second kappa shape index (κ2) is 8.23. The summed E-state index contributed by atoms with van der Waals surface area (Å²) in [6, 6.07) is 5.92. The SMILES string of the molecule is CC1CCCCN1CCN=C(N)Nc1ccc(OC(F)(F)F)cc1. The molecule has 1 aromatic carbocycles. The highest BCUT2D eigenvalue weighted by Crippen LogP contribution is 2.23. The Bertz CT molecular complexity index is 545. The molecule has 1 aliphatic heterocycles. The third-order valence-corrected chi connectivity index (χ3v) is 3.97. The molecular weight excluding hydrogens is 321 g/mol. The first-order valence-corrected chi connectivity index (χ1v) is 8.00. The second-order valence-electron chi connectivity index (χ2n) is 5.84. The summed E-state index contributed by atoms with van der Waals surface area (Å²) in [7, 11) is 0. The highest BCUT2D eigenvalue weighted by molar-refractivity contribution is 5.92. The summed E-state index contributed by atoms with van der Waals surface area (Å²) in [5.74, 6) is -0.0354. The highest BCUT2D eigenvalue weighted by Gasteiger charge is 2.30. The van der Waals surface area contributed by atoms with Gasteiger partial charge in [-0.3, -0.25) is 9.89 Å². The van der Waals surface area contributed by atoms with Crippen molar-refractivity contribution in [1.29, 1.82) is 0 Å². The predicted molar refractivity (Wildman–Crippen MR) is 88.1 cm³/mol. The van der Waals surface area contributed by atoms with Crippen LogP contribution in [0.25, 0.3) is 0 Å². The summed E-state index contributed by atoms with van der Waals surface area (Å²) < 4.78 is 40.1.